The van der Waals surface area contributed by atoms with Crippen LogP contribution in [0.2, 0.25) is 0 Å². The van der Waals surface area contributed by atoms with E-state index in [2.05, 4.69) is 26.6 Å². The first-order valence-electron chi connectivity index (χ1n) is 9.13. The van der Waals surface area contributed by atoms with Crippen molar-refractivity contribution in [2.45, 2.75) is 44.2 Å². The van der Waals surface area contributed by atoms with Crippen molar-refractivity contribution in [3.05, 3.63) is 23.8 Å². The number of benzene rings is 1. The van der Waals surface area contributed by atoms with E-state index in [1.165, 1.54) is 5.56 Å². The minimum atomic E-state index is -0.626. The number of hydrogen-bond acceptors (Lipinski definition) is 6. The highest BCUT2D eigenvalue weighted by Crippen LogP contribution is 2.27. The lowest BCUT2D eigenvalue weighted by molar-refractivity contribution is -0.126. The van der Waals surface area contributed by atoms with E-state index < -0.39 is 5.54 Å². The molecule has 0 bridgehead atoms. The molecule has 2 heterocycles. The van der Waals surface area contributed by atoms with E-state index >= 15 is 0 Å². The van der Waals surface area contributed by atoms with Crippen LogP contribution in [-0.2, 0) is 11.3 Å². The molecule has 0 unspecified atom stereocenters. The number of carbonyl (C=O) groups is 1. The summed E-state index contributed by atoms with van der Waals surface area (Å²) in [7, 11) is 0. The molecule has 0 radical (unpaired) electrons. The number of hydrogen-bond donors (Lipinski definition) is 2. The molecular weight excluding hydrogens is 318 g/mol. The lowest BCUT2D eigenvalue weighted by Gasteiger charge is -2.23. The summed E-state index contributed by atoms with van der Waals surface area (Å²) >= 11 is 0. The van der Waals surface area contributed by atoms with E-state index in [-0.39, 0.29) is 5.91 Å². The van der Waals surface area contributed by atoms with Crippen molar-refractivity contribution in [1.82, 2.24) is 20.5 Å². The minimum Gasteiger partial charge on any atom is -0.354 e. The molecule has 4 rings (SSSR count). The molecule has 2 fully saturated rings. The lowest BCUT2D eigenvalue weighted by Crippen LogP contribution is -2.52. The largest absolute Gasteiger partial charge is 0.354 e. The molecule has 2 aromatic rings. The second kappa shape index (κ2) is 6.72. The fraction of sp³-hybridized carbons (Fsp3) is 0.611. The average molecular weight is 343 g/mol. The molecular formula is C18H25N5O2. The highest BCUT2D eigenvalue weighted by Gasteiger charge is 2.37. The van der Waals surface area contributed by atoms with E-state index in [9.17, 15) is 4.79 Å². The Morgan fingerprint density at radius 2 is 2.12 bits per heavy atom. The van der Waals surface area contributed by atoms with Gasteiger partial charge in [-0.15, -0.1) is 0 Å². The van der Waals surface area contributed by atoms with Gasteiger partial charge in [-0.3, -0.25) is 9.69 Å². The summed E-state index contributed by atoms with van der Waals surface area (Å²) in [6, 6.07) is 6.04. The SMILES string of the molecule is NC1(C(=O)NC[C@@H]2CCN(Cc3ccc4nonc4c3)C2)CCCC1. The Kier molecular flexibility index (Phi) is 4.43. The maximum atomic E-state index is 12.3. The number of rotatable bonds is 5. The third-order valence-corrected chi connectivity index (χ3v) is 5.59. The van der Waals surface area contributed by atoms with Gasteiger partial charge in [-0.1, -0.05) is 18.9 Å². The van der Waals surface area contributed by atoms with Gasteiger partial charge in [0, 0.05) is 19.6 Å². The Morgan fingerprint density at radius 1 is 1.32 bits per heavy atom. The standard InChI is InChI=1S/C18H25N5O2/c19-18(6-1-2-7-18)17(24)20-10-14-5-8-23(12-14)11-13-3-4-15-16(9-13)22-25-21-15/h3-4,9,14H,1-2,5-8,10-12,19H2,(H,20,24)/t14-/m0/s1. The van der Waals surface area contributed by atoms with Gasteiger partial charge in [-0.05, 0) is 59.7 Å². The van der Waals surface area contributed by atoms with Crippen molar-refractivity contribution in [3.63, 3.8) is 0 Å². The summed E-state index contributed by atoms with van der Waals surface area (Å²) < 4.78 is 4.75. The Hall–Kier alpha value is -1.99. The first-order valence-corrected chi connectivity index (χ1v) is 9.13. The summed E-state index contributed by atoms with van der Waals surface area (Å²) in [5.74, 6) is 0.527. The summed E-state index contributed by atoms with van der Waals surface area (Å²) in [6.07, 6.45) is 4.86. The molecule has 1 atom stereocenters. The van der Waals surface area contributed by atoms with Crippen LogP contribution in [0.25, 0.3) is 11.0 Å². The molecule has 1 saturated carbocycles. The zero-order chi connectivity index (χ0) is 17.3. The van der Waals surface area contributed by atoms with Crippen LogP contribution >= 0.6 is 0 Å². The van der Waals surface area contributed by atoms with Crippen molar-refractivity contribution >= 4 is 16.9 Å². The van der Waals surface area contributed by atoms with Gasteiger partial charge in [0.15, 0.2) is 0 Å². The first-order chi connectivity index (χ1) is 12.1. The van der Waals surface area contributed by atoms with E-state index in [0.29, 0.717) is 5.92 Å². The average Bonchev–Trinajstić information content (AvgIpc) is 3.33. The maximum absolute atomic E-state index is 12.3. The van der Waals surface area contributed by atoms with Crippen molar-refractivity contribution in [3.8, 4) is 0 Å². The molecule has 25 heavy (non-hydrogen) atoms. The van der Waals surface area contributed by atoms with Crippen LogP contribution in [-0.4, -0.2) is 46.3 Å². The van der Waals surface area contributed by atoms with Crippen LogP contribution in [0, 0.1) is 5.92 Å². The second-order valence-corrected chi connectivity index (χ2v) is 7.55. The van der Waals surface area contributed by atoms with Gasteiger partial charge < -0.3 is 11.1 Å². The first kappa shape index (κ1) is 16.5. The van der Waals surface area contributed by atoms with Crippen LogP contribution in [0.3, 0.4) is 0 Å². The Balaban J connectivity index is 1.27. The Bertz CT molecular complexity index is 753. The second-order valence-electron chi connectivity index (χ2n) is 7.55. The highest BCUT2D eigenvalue weighted by molar-refractivity contribution is 5.86. The topological polar surface area (TPSA) is 97.3 Å². The highest BCUT2D eigenvalue weighted by atomic mass is 16.6. The zero-order valence-electron chi connectivity index (χ0n) is 14.4. The molecule has 0 spiro atoms. The van der Waals surface area contributed by atoms with Gasteiger partial charge in [-0.2, -0.15) is 0 Å². The van der Waals surface area contributed by atoms with Crippen molar-refractivity contribution in [2.24, 2.45) is 11.7 Å². The van der Waals surface area contributed by atoms with Gasteiger partial charge in [0.25, 0.3) is 0 Å². The number of nitrogens with two attached hydrogens (primary N) is 1. The Labute approximate surface area is 146 Å². The lowest BCUT2D eigenvalue weighted by atomic mass is 9.97. The van der Waals surface area contributed by atoms with Gasteiger partial charge in [0.1, 0.15) is 11.0 Å². The smallest absolute Gasteiger partial charge is 0.240 e. The van der Waals surface area contributed by atoms with Crippen molar-refractivity contribution in [2.75, 3.05) is 19.6 Å². The molecule has 1 saturated heterocycles. The van der Waals surface area contributed by atoms with E-state index in [1.807, 2.05) is 12.1 Å². The third-order valence-electron chi connectivity index (χ3n) is 5.59. The normalized spacial score (nSPS) is 23.3. The molecule has 1 amide bonds. The zero-order valence-corrected chi connectivity index (χ0v) is 14.4. The molecule has 2 aliphatic rings. The minimum absolute atomic E-state index is 0.0347. The molecule has 7 heteroatoms. The molecule has 1 aromatic heterocycles. The monoisotopic (exact) mass is 343 g/mol. The number of likely N-dealkylation sites (tertiary alicyclic amines) is 1. The predicted octanol–water partition coefficient (Wildman–Crippen LogP) is 1.43. The fourth-order valence-electron chi connectivity index (χ4n) is 4.05. The van der Waals surface area contributed by atoms with Crippen molar-refractivity contribution < 1.29 is 9.42 Å². The summed E-state index contributed by atoms with van der Waals surface area (Å²) in [5.41, 5.74) is 8.38. The van der Waals surface area contributed by atoms with Crippen molar-refractivity contribution in [1.29, 1.82) is 0 Å². The van der Waals surface area contributed by atoms with Gasteiger partial charge in [0.05, 0.1) is 5.54 Å². The van der Waals surface area contributed by atoms with Crippen LogP contribution in [0.15, 0.2) is 22.8 Å². The number of nitrogens with zero attached hydrogens (tertiary/aromatic N) is 3. The summed E-state index contributed by atoms with van der Waals surface area (Å²) in [5, 5.41) is 10.8. The molecule has 7 nitrogen and oxygen atoms in total. The molecule has 1 aliphatic heterocycles. The van der Waals surface area contributed by atoms with Gasteiger partial charge in [-0.25, -0.2) is 4.63 Å². The predicted molar refractivity (Wildman–Crippen MR) is 93.6 cm³/mol. The summed E-state index contributed by atoms with van der Waals surface area (Å²) in [4.78, 5) is 14.7. The summed E-state index contributed by atoms with van der Waals surface area (Å²) in [6.45, 7) is 3.64. The maximum Gasteiger partial charge on any atom is 0.240 e. The number of aromatic nitrogens is 2. The quantitative estimate of drug-likeness (QED) is 0.852. The molecule has 134 valence electrons. The van der Waals surface area contributed by atoms with Gasteiger partial charge >= 0.3 is 0 Å². The van der Waals surface area contributed by atoms with E-state index in [4.69, 9.17) is 10.4 Å². The molecule has 3 N–H and O–H groups in total. The van der Waals surface area contributed by atoms with Crippen LogP contribution in [0.5, 0.6) is 0 Å². The fourth-order valence-corrected chi connectivity index (χ4v) is 4.05. The number of nitrogens with one attached hydrogen (secondary N) is 1. The van der Waals surface area contributed by atoms with Crippen LogP contribution in [0.1, 0.15) is 37.7 Å². The van der Waals surface area contributed by atoms with E-state index in [0.717, 1.165) is 69.3 Å². The third kappa shape index (κ3) is 3.52. The van der Waals surface area contributed by atoms with Crippen LogP contribution < -0.4 is 11.1 Å². The molecule has 1 aromatic carbocycles. The van der Waals surface area contributed by atoms with Crippen LogP contribution in [0.4, 0.5) is 0 Å². The van der Waals surface area contributed by atoms with E-state index in [1.54, 1.807) is 0 Å². The number of amides is 1. The van der Waals surface area contributed by atoms with Gasteiger partial charge in [0.2, 0.25) is 5.91 Å². The Morgan fingerprint density at radius 3 is 2.96 bits per heavy atom. The number of fused-ring (bicyclic) bond motifs is 1. The molecule has 1 aliphatic carbocycles. The number of carbonyl (C=O) groups excluding carboxylic acids is 1.